The van der Waals surface area contributed by atoms with Crippen LogP contribution in [0.3, 0.4) is 0 Å². The third kappa shape index (κ3) is 3.70. The van der Waals surface area contributed by atoms with Gasteiger partial charge in [0, 0.05) is 38.0 Å². The molecule has 0 aliphatic rings. The van der Waals surface area contributed by atoms with E-state index in [-0.39, 0.29) is 0 Å². The smallest absolute Gasteiger partial charge is 0.123 e. The Labute approximate surface area is 143 Å². The lowest BCUT2D eigenvalue weighted by molar-refractivity contribution is 1.03. The average molecular weight is 425 g/mol. The van der Waals surface area contributed by atoms with Crippen LogP contribution in [0.1, 0.15) is 5.69 Å². The Morgan fingerprint density at radius 2 is 1.90 bits per heavy atom. The summed E-state index contributed by atoms with van der Waals surface area (Å²) in [6.45, 7) is 0.671. The number of pyridine rings is 1. The molecule has 3 rings (SSSR count). The van der Waals surface area contributed by atoms with E-state index >= 15 is 0 Å². The molecule has 0 saturated carbocycles. The molecule has 0 aliphatic heterocycles. The summed E-state index contributed by atoms with van der Waals surface area (Å²) in [6, 6.07) is 10.3. The zero-order valence-electron chi connectivity index (χ0n) is 10.9. The summed E-state index contributed by atoms with van der Waals surface area (Å²) in [4.78, 5) is 8.69. The molecule has 106 valence electrons. The minimum Gasteiger partial charge on any atom is -0.379 e. The molecule has 21 heavy (non-hydrogen) atoms. The van der Waals surface area contributed by atoms with Crippen LogP contribution in [-0.2, 0) is 6.54 Å². The molecule has 6 heteroatoms. The van der Waals surface area contributed by atoms with Gasteiger partial charge in [0.05, 0.1) is 12.2 Å². The Hall–Kier alpha value is -1.24. The van der Waals surface area contributed by atoms with Crippen molar-refractivity contribution < 1.29 is 0 Å². The minimum absolute atomic E-state index is 0.671. The Bertz CT molecular complexity index is 727. The topological polar surface area (TPSA) is 37.8 Å². The summed E-state index contributed by atoms with van der Waals surface area (Å²) < 4.78 is 1.95. The molecule has 0 atom stereocenters. The molecule has 0 aliphatic carbocycles. The first-order chi connectivity index (χ1) is 10.2. The summed E-state index contributed by atoms with van der Waals surface area (Å²) in [7, 11) is 0. The van der Waals surface area contributed by atoms with E-state index in [9.17, 15) is 0 Å². The van der Waals surface area contributed by atoms with Crippen molar-refractivity contribution in [3.8, 4) is 10.6 Å². The van der Waals surface area contributed by atoms with Crippen molar-refractivity contribution in [2.24, 2.45) is 0 Å². The SMILES string of the molecule is Brc1cnc(CNc2ccc(-c3nccs3)cc2)c(Br)c1. The van der Waals surface area contributed by atoms with Crippen LogP contribution in [0, 0.1) is 0 Å². The molecule has 0 fully saturated rings. The largest absolute Gasteiger partial charge is 0.379 e. The number of aromatic nitrogens is 2. The van der Waals surface area contributed by atoms with Gasteiger partial charge in [0.2, 0.25) is 0 Å². The van der Waals surface area contributed by atoms with Gasteiger partial charge in [-0.25, -0.2) is 4.98 Å². The highest BCUT2D eigenvalue weighted by molar-refractivity contribution is 9.11. The summed E-state index contributed by atoms with van der Waals surface area (Å²) >= 11 is 8.56. The first-order valence-electron chi connectivity index (χ1n) is 6.26. The molecule has 1 aromatic carbocycles. The fourth-order valence-electron chi connectivity index (χ4n) is 1.86. The third-order valence-corrected chi connectivity index (χ3v) is 4.85. The lowest BCUT2D eigenvalue weighted by Crippen LogP contribution is -2.02. The number of rotatable bonds is 4. The predicted molar refractivity (Wildman–Crippen MR) is 94.5 cm³/mol. The van der Waals surface area contributed by atoms with E-state index in [1.54, 1.807) is 17.5 Å². The van der Waals surface area contributed by atoms with E-state index in [0.717, 1.165) is 30.9 Å². The molecule has 1 N–H and O–H groups in total. The van der Waals surface area contributed by atoms with Gasteiger partial charge in [0.25, 0.3) is 0 Å². The van der Waals surface area contributed by atoms with Crippen molar-refractivity contribution in [3.63, 3.8) is 0 Å². The van der Waals surface area contributed by atoms with Gasteiger partial charge in [0.15, 0.2) is 0 Å². The van der Waals surface area contributed by atoms with E-state index in [4.69, 9.17) is 0 Å². The Kier molecular flexibility index (Phi) is 4.67. The van der Waals surface area contributed by atoms with Gasteiger partial charge in [-0.15, -0.1) is 11.3 Å². The fourth-order valence-corrected chi connectivity index (χ4v) is 3.63. The van der Waals surface area contributed by atoms with Gasteiger partial charge in [-0.1, -0.05) is 0 Å². The number of thiazole rings is 1. The number of hydrogen-bond donors (Lipinski definition) is 1. The van der Waals surface area contributed by atoms with E-state index in [0.29, 0.717) is 6.54 Å². The molecule has 0 bridgehead atoms. The third-order valence-electron chi connectivity index (χ3n) is 2.91. The van der Waals surface area contributed by atoms with Crippen LogP contribution in [0.2, 0.25) is 0 Å². The molecule has 0 spiro atoms. The molecule has 0 amide bonds. The maximum Gasteiger partial charge on any atom is 0.123 e. The van der Waals surface area contributed by atoms with Crippen LogP contribution in [0.15, 0.2) is 57.1 Å². The Morgan fingerprint density at radius 3 is 2.57 bits per heavy atom. The number of anilines is 1. The molecule has 3 aromatic rings. The van der Waals surface area contributed by atoms with Gasteiger partial charge in [-0.2, -0.15) is 0 Å². The number of hydrogen-bond acceptors (Lipinski definition) is 4. The molecule has 0 unspecified atom stereocenters. The van der Waals surface area contributed by atoms with Crippen molar-refractivity contribution in [1.82, 2.24) is 9.97 Å². The van der Waals surface area contributed by atoms with E-state index in [1.165, 1.54) is 0 Å². The number of nitrogens with zero attached hydrogens (tertiary/aromatic N) is 2. The molecular weight excluding hydrogens is 414 g/mol. The van der Waals surface area contributed by atoms with Crippen molar-refractivity contribution in [2.75, 3.05) is 5.32 Å². The predicted octanol–water partition coefficient (Wildman–Crippen LogP) is 5.34. The van der Waals surface area contributed by atoms with Crippen LogP contribution in [0.4, 0.5) is 5.69 Å². The quantitative estimate of drug-likeness (QED) is 0.613. The van der Waals surface area contributed by atoms with Gasteiger partial charge >= 0.3 is 0 Å². The maximum absolute atomic E-state index is 4.39. The molecule has 0 radical (unpaired) electrons. The van der Waals surface area contributed by atoms with Crippen molar-refractivity contribution in [3.05, 3.63) is 62.7 Å². The zero-order valence-corrected chi connectivity index (χ0v) is 14.9. The standard InChI is InChI=1S/C15H11Br2N3S/c16-11-7-13(17)14(20-8-11)9-19-12-3-1-10(2-4-12)15-18-5-6-21-15/h1-8,19H,9H2. The van der Waals surface area contributed by atoms with Crippen LogP contribution in [0.25, 0.3) is 10.6 Å². The first kappa shape index (κ1) is 14.7. The number of benzene rings is 1. The Balaban J connectivity index is 1.68. The highest BCUT2D eigenvalue weighted by atomic mass is 79.9. The zero-order chi connectivity index (χ0) is 14.7. The normalized spacial score (nSPS) is 10.6. The van der Waals surface area contributed by atoms with Crippen LogP contribution < -0.4 is 5.32 Å². The molecule has 3 nitrogen and oxygen atoms in total. The highest BCUT2D eigenvalue weighted by Gasteiger charge is 2.03. The summed E-state index contributed by atoms with van der Waals surface area (Å²) in [5.41, 5.74) is 3.17. The van der Waals surface area contributed by atoms with Crippen molar-refractivity contribution in [1.29, 1.82) is 0 Å². The second-order valence-corrected chi connectivity index (χ2v) is 7.01. The van der Waals surface area contributed by atoms with Crippen LogP contribution in [-0.4, -0.2) is 9.97 Å². The number of nitrogens with one attached hydrogen (secondary N) is 1. The summed E-state index contributed by atoms with van der Waals surface area (Å²) in [5, 5.41) is 6.39. The summed E-state index contributed by atoms with van der Waals surface area (Å²) in [6.07, 6.45) is 3.62. The van der Waals surface area contributed by atoms with Crippen LogP contribution >= 0.6 is 43.2 Å². The summed E-state index contributed by atoms with van der Waals surface area (Å²) in [5.74, 6) is 0. The number of halogens is 2. The van der Waals surface area contributed by atoms with E-state index in [2.05, 4.69) is 71.4 Å². The highest BCUT2D eigenvalue weighted by Crippen LogP contribution is 2.24. The van der Waals surface area contributed by atoms with Gasteiger partial charge in [-0.3, -0.25) is 4.98 Å². The maximum atomic E-state index is 4.39. The second kappa shape index (κ2) is 6.68. The fraction of sp³-hybridized carbons (Fsp3) is 0.0667. The Morgan fingerprint density at radius 1 is 1.10 bits per heavy atom. The van der Waals surface area contributed by atoms with Crippen LogP contribution in [0.5, 0.6) is 0 Å². The van der Waals surface area contributed by atoms with Crippen molar-refractivity contribution in [2.45, 2.75) is 6.54 Å². The lowest BCUT2D eigenvalue weighted by atomic mass is 10.2. The first-order valence-corrected chi connectivity index (χ1v) is 8.72. The van der Waals surface area contributed by atoms with Gasteiger partial charge in [0.1, 0.15) is 5.01 Å². The molecule has 2 heterocycles. The minimum atomic E-state index is 0.671. The molecule has 0 saturated heterocycles. The monoisotopic (exact) mass is 423 g/mol. The molecular formula is C15H11Br2N3S. The van der Waals surface area contributed by atoms with Crippen molar-refractivity contribution >= 4 is 48.9 Å². The van der Waals surface area contributed by atoms with Gasteiger partial charge < -0.3 is 5.32 Å². The van der Waals surface area contributed by atoms with Gasteiger partial charge in [-0.05, 0) is 62.2 Å². The lowest BCUT2D eigenvalue weighted by Gasteiger charge is -2.08. The average Bonchev–Trinajstić information content (AvgIpc) is 3.01. The second-order valence-electron chi connectivity index (χ2n) is 4.35. The molecule has 2 aromatic heterocycles. The van der Waals surface area contributed by atoms with E-state index < -0.39 is 0 Å². The van der Waals surface area contributed by atoms with E-state index in [1.807, 2.05) is 17.6 Å².